The van der Waals surface area contributed by atoms with E-state index in [1.807, 2.05) is 0 Å². The summed E-state index contributed by atoms with van der Waals surface area (Å²) in [5.41, 5.74) is 0.00633. The molecule has 1 amide bonds. The van der Waals surface area contributed by atoms with E-state index in [9.17, 15) is 22.8 Å². The predicted molar refractivity (Wildman–Crippen MR) is 102 cm³/mol. The van der Waals surface area contributed by atoms with Crippen molar-refractivity contribution in [2.45, 2.75) is 19.4 Å². The lowest BCUT2D eigenvalue weighted by atomic mass is 10.2. The van der Waals surface area contributed by atoms with Gasteiger partial charge in [0.2, 0.25) is 5.91 Å². The van der Waals surface area contributed by atoms with Gasteiger partial charge in [0.05, 0.1) is 23.4 Å². The molecule has 0 aliphatic heterocycles. The van der Waals surface area contributed by atoms with Crippen molar-refractivity contribution in [2.24, 2.45) is 0 Å². The van der Waals surface area contributed by atoms with E-state index in [1.165, 1.54) is 4.90 Å². The molecule has 0 bridgehead atoms. The fourth-order valence-corrected chi connectivity index (χ4v) is 4.01. The standard InChI is InChI=1S/C18H12BrF3N2O3S/c19-9-3-1-2-4-12(9)24(14(25)5-6-15(26)27)8-13-23-17-16(22)10(20)7-11(21)18(17)28-13/h1-4,7H,5-6,8H2,(H,26,27). The average molecular weight is 473 g/mol. The van der Waals surface area contributed by atoms with E-state index in [1.54, 1.807) is 24.3 Å². The van der Waals surface area contributed by atoms with Crippen molar-refractivity contribution in [1.29, 1.82) is 0 Å². The molecule has 1 heterocycles. The van der Waals surface area contributed by atoms with Gasteiger partial charge in [-0.05, 0) is 28.1 Å². The highest BCUT2D eigenvalue weighted by Crippen LogP contribution is 2.32. The molecule has 0 aliphatic rings. The van der Waals surface area contributed by atoms with Gasteiger partial charge in [-0.2, -0.15) is 0 Å². The van der Waals surface area contributed by atoms with Crippen molar-refractivity contribution < 1.29 is 27.9 Å². The van der Waals surface area contributed by atoms with E-state index in [2.05, 4.69) is 20.9 Å². The van der Waals surface area contributed by atoms with Crippen molar-refractivity contribution >= 4 is 55.0 Å². The van der Waals surface area contributed by atoms with Gasteiger partial charge in [0.1, 0.15) is 16.3 Å². The maximum Gasteiger partial charge on any atom is 0.303 e. The smallest absolute Gasteiger partial charge is 0.303 e. The summed E-state index contributed by atoms with van der Waals surface area (Å²) in [6.45, 7) is -0.152. The second-order valence-corrected chi connectivity index (χ2v) is 7.70. The van der Waals surface area contributed by atoms with Crippen LogP contribution in [0.5, 0.6) is 0 Å². The maximum atomic E-state index is 13.9. The molecule has 0 radical (unpaired) electrons. The number of anilines is 1. The molecule has 0 fully saturated rings. The zero-order valence-corrected chi connectivity index (χ0v) is 16.5. The average Bonchev–Trinajstić information content (AvgIpc) is 3.08. The van der Waals surface area contributed by atoms with E-state index < -0.39 is 34.8 Å². The molecular formula is C18H12BrF3N2O3S. The molecule has 146 valence electrons. The zero-order valence-electron chi connectivity index (χ0n) is 14.1. The summed E-state index contributed by atoms with van der Waals surface area (Å²) in [5.74, 6) is -5.17. The van der Waals surface area contributed by atoms with Crippen LogP contribution >= 0.6 is 27.3 Å². The summed E-state index contributed by atoms with van der Waals surface area (Å²) >= 11 is 4.13. The van der Waals surface area contributed by atoms with Crippen LogP contribution in [-0.2, 0) is 16.1 Å². The van der Waals surface area contributed by atoms with Crippen LogP contribution < -0.4 is 4.90 Å². The third-order valence-corrected chi connectivity index (χ3v) is 5.57. The Morgan fingerprint density at radius 3 is 2.54 bits per heavy atom. The SMILES string of the molecule is O=C(O)CCC(=O)N(Cc1nc2c(F)c(F)cc(F)c2s1)c1ccccc1Br. The summed E-state index contributed by atoms with van der Waals surface area (Å²) in [6.07, 6.45) is -0.632. The van der Waals surface area contributed by atoms with Crippen LogP contribution in [0.3, 0.4) is 0 Å². The minimum atomic E-state index is -1.35. The van der Waals surface area contributed by atoms with E-state index >= 15 is 0 Å². The van der Waals surface area contributed by atoms with Crippen molar-refractivity contribution in [2.75, 3.05) is 4.90 Å². The number of para-hydroxylation sites is 1. The number of halogens is 4. The van der Waals surface area contributed by atoms with Gasteiger partial charge in [0, 0.05) is 17.0 Å². The third kappa shape index (κ3) is 4.17. The van der Waals surface area contributed by atoms with Crippen LogP contribution in [0.25, 0.3) is 10.2 Å². The molecular weight excluding hydrogens is 461 g/mol. The lowest BCUT2D eigenvalue weighted by molar-refractivity contribution is -0.138. The molecule has 0 atom stereocenters. The monoisotopic (exact) mass is 472 g/mol. The maximum absolute atomic E-state index is 13.9. The van der Waals surface area contributed by atoms with Gasteiger partial charge in [-0.25, -0.2) is 18.2 Å². The van der Waals surface area contributed by atoms with Gasteiger partial charge < -0.3 is 10.0 Å². The second-order valence-electron chi connectivity index (χ2n) is 5.76. The van der Waals surface area contributed by atoms with Crippen LogP contribution in [-0.4, -0.2) is 22.0 Å². The number of aliphatic carboxylic acids is 1. The number of carboxylic acid groups (broad SMARTS) is 1. The molecule has 3 rings (SSSR count). The third-order valence-electron chi connectivity index (χ3n) is 3.85. The van der Waals surface area contributed by atoms with Crippen LogP contribution in [0.1, 0.15) is 17.8 Å². The number of aromatic nitrogens is 1. The number of thiazole rings is 1. The Bertz CT molecular complexity index is 1070. The molecule has 10 heteroatoms. The molecule has 0 saturated carbocycles. The van der Waals surface area contributed by atoms with Crippen LogP contribution in [0, 0.1) is 17.5 Å². The lowest BCUT2D eigenvalue weighted by Crippen LogP contribution is -2.31. The van der Waals surface area contributed by atoms with Crippen molar-refractivity contribution in [1.82, 2.24) is 4.98 Å². The second kappa shape index (κ2) is 8.27. The highest BCUT2D eigenvalue weighted by Gasteiger charge is 2.23. The number of rotatable bonds is 6. The molecule has 0 saturated heterocycles. The number of fused-ring (bicyclic) bond motifs is 1. The number of carbonyl (C=O) groups is 2. The minimum Gasteiger partial charge on any atom is -0.481 e. The van der Waals surface area contributed by atoms with Crippen LogP contribution in [0.4, 0.5) is 18.9 Å². The Labute approximate surface area is 169 Å². The summed E-state index contributed by atoms with van der Waals surface area (Å²) in [6, 6.07) is 7.20. The van der Waals surface area contributed by atoms with Crippen molar-refractivity contribution in [3.05, 3.63) is 57.3 Å². The van der Waals surface area contributed by atoms with E-state index in [-0.39, 0.29) is 29.1 Å². The Morgan fingerprint density at radius 1 is 1.14 bits per heavy atom. The fourth-order valence-electron chi connectivity index (χ4n) is 2.56. The van der Waals surface area contributed by atoms with Crippen molar-refractivity contribution in [3.63, 3.8) is 0 Å². The van der Waals surface area contributed by atoms with Gasteiger partial charge in [-0.3, -0.25) is 9.59 Å². The molecule has 0 unspecified atom stereocenters. The summed E-state index contributed by atoms with van der Waals surface area (Å²) in [4.78, 5) is 28.6. The van der Waals surface area contributed by atoms with Crippen molar-refractivity contribution in [3.8, 4) is 0 Å². The largest absolute Gasteiger partial charge is 0.481 e. The summed E-state index contributed by atoms with van der Waals surface area (Å²) < 4.78 is 41.7. The predicted octanol–water partition coefficient (Wildman–Crippen LogP) is 4.87. The van der Waals surface area contributed by atoms with E-state index in [0.717, 1.165) is 11.3 Å². The molecule has 5 nitrogen and oxygen atoms in total. The molecule has 1 aromatic heterocycles. The Kier molecular flexibility index (Phi) is 5.99. The number of carboxylic acids is 1. The first-order chi connectivity index (χ1) is 13.3. The van der Waals surface area contributed by atoms with Gasteiger partial charge in [-0.1, -0.05) is 12.1 Å². The van der Waals surface area contributed by atoms with E-state index in [4.69, 9.17) is 5.11 Å². The quantitative estimate of drug-likeness (QED) is 0.519. The number of carbonyl (C=O) groups excluding carboxylic acids is 1. The molecule has 28 heavy (non-hydrogen) atoms. The molecule has 2 aromatic carbocycles. The molecule has 0 aliphatic carbocycles. The van der Waals surface area contributed by atoms with E-state index in [0.29, 0.717) is 16.2 Å². The van der Waals surface area contributed by atoms with Crippen LogP contribution in [0.15, 0.2) is 34.8 Å². The number of hydrogen-bond donors (Lipinski definition) is 1. The van der Waals surface area contributed by atoms with Gasteiger partial charge in [0.15, 0.2) is 11.6 Å². The number of amides is 1. The topological polar surface area (TPSA) is 70.5 Å². The summed E-state index contributed by atoms with van der Waals surface area (Å²) in [7, 11) is 0. The highest BCUT2D eigenvalue weighted by molar-refractivity contribution is 9.10. The van der Waals surface area contributed by atoms with Gasteiger partial charge in [-0.15, -0.1) is 11.3 Å². The lowest BCUT2D eigenvalue weighted by Gasteiger charge is -2.23. The Hall–Kier alpha value is -2.46. The number of nitrogens with zero attached hydrogens (tertiary/aromatic N) is 2. The normalized spacial score (nSPS) is 11.0. The highest BCUT2D eigenvalue weighted by atomic mass is 79.9. The Balaban J connectivity index is 2.00. The summed E-state index contributed by atoms with van der Waals surface area (Å²) in [5, 5.41) is 9.01. The molecule has 3 aromatic rings. The number of benzene rings is 2. The van der Waals surface area contributed by atoms with Gasteiger partial charge >= 0.3 is 5.97 Å². The molecule has 1 N–H and O–H groups in total. The zero-order chi connectivity index (χ0) is 20.4. The first kappa shape index (κ1) is 20.3. The fraction of sp³-hybridized carbons (Fsp3) is 0.167. The van der Waals surface area contributed by atoms with Gasteiger partial charge in [0.25, 0.3) is 0 Å². The first-order valence-corrected chi connectivity index (χ1v) is 9.58. The van der Waals surface area contributed by atoms with Crippen LogP contribution in [0.2, 0.25) is 0 Å². The Morgan fingerprint density at radius 2 is 1.86 bits per heavy atom. The first-order valence-electron chi connectivity index (χ1n) is 7.97. The number of hydrogen-bond acceptors (Lipinski definition) is 4. The minimum absolute atomic E-state index is 0.152. The molecule has 0 spiro atoms.